The van der Waals surface area contributed by atoms with Gasteiger partial charge < -0.3 is 15.2 Å². The van der Waals surface area contributed by atoms with Crippen molar-refractivity contribution in [3.63, 3.8) is 0 Å². The third kappa shape index (κ3) is 5.09. The number of carboxylic acid groups (broad SMARTS) is 1. The number of thiazole rings is 1. The quantitative estimate of drug-likeness (QED) is 0.291. The van der Waals surface area contributed by atoms with E-state index in [0.29, 0.717) is 41.7 Å². The van der Waals surface area contributed by atoms with Gasteiger partial charge in [0.05, 0.1) is 15.6 Å². The number of halogens is 2. The van der Waals surface area contributed by atoms with E-state index < -0.39 is 5.97 Å². The lowest BCUT2D eigenvalue weighted by Crippen LogP contribution is -2.28. The summed E-state index contributed by atoms with van der Waals surface area (Å²) in [7, 11) is 0. The number of hydrogen-bond donors (Lipinski definition) is 2. The Morgan fingerprint density at radius 3 is 2.41 bits per heavy atom. The Kier molecular flexibility index (Phi) is 6.54. The molecule has 1 saturated carbocycles. The van der Waals surface area contributed by atoms with Crippen molar-refractivity contribution in [1.29, 1.82) is 0 Å². The molecule has 34 heavy (non-hydrogen) atoms. The maximum absolute atomic E-state index is 11.1. The molecular formula is C24H20Cl2N4O3S. The number of carboxylic acids is 1. The predicted molar refractivity (Wildman–Crippen MR) is 134 cm³/mol. The highest BCUT2D eigenvalue weighted by molar-refractivity contribution is 7.22. The summed E-state index contributed by atoms with van der Waals surface area (Å²) in [4.78, 5) is 24.3. The fourth-order valence-electron chi connectivity index (χ4n) is 3.98. The lowest BCUT2D eigenvalue weighted by atomic mass is 9.87. The average molecular weight is 515 g/mol. The van der Waals surface area contributed by atoms with Crippen LogP contribution < -0.4 is 10.1 Å². The highest BCUT2D eigenvalue weighted by atomic mass is 35.5. The number of carbonyl (C=O) groups is 1. The molecule has 0 aliphatic heterocycles. The minimum atomic E-state index is -0.727. The molecular weight excluding hydrogens is 495 g/mol. The van der Waals surface area contributed by atoms with Crippen molar-refractivity contribution >= 4 is 61.5 Å². The standard InChI is InChI=1S/C24H20Cl2N4O3S/c25-16-9-19(26)21-20(10-16)34-24(30-21)29-17-5-1-13(2-6-17)15-11-27-23(28-12-15)33-18-7-3-14(4-8-18)22(31)32/h1-2,5-6,9-12,14,18H,3-4,7-8H2,(H,29,30)(H,31,32). The monoisotopic (exact) mass is 514 g/mol. The number of benzene rings is 2. The maximum Gasteiger partial charge on any atom is 0.316 e. The Bertz CT molecular complexity index is 1320. The molecule has 1 fully saturated rings. The molecule has 10 heteroatoms. The van der Waals surface area contributed by atoms with Gasteiger partial charge in [-0.3, -0.25) is 4.79 Å². The van der Waals surface area contributed by atoms with Gasteiger partial charge in [0.1, 0.15) is 11.6 Å². The topological polar surface area (TPSA) is 97.2 Å². The van der Waals surface area contributed by atoms with E-state index in [1.807, 2.05) is 30.3 Å². The van der Waals surface area contributed by atoms with Crippen LogP contribution in [-0.2, 0) is 4.79 Å². The number of ether oxygens (including phenoxy) is 1. The Labute approximate surface area is 209 Å². The van der Waals surface area contributed by atoms with Crippen molar-refractivity contribution in [3.05, 3.63) is 58.8 Å². The molecule has 2 aromatic heterocycles. The zero-order valence-electron chi connectivity index (χ0n) is 17.9. The molecule has 0 amide bonds. The van der Waals surface area contributed by atoms with Crippen molar-refractivity contribution in [3.8, 4) is 17.1 Å². The lowest BCUT2D eigenvalue weighted by molar-refractivity contribution is -0.143. The second-order valence-electron chi connectivity index (χ2n) is 8.14. The summed E-state index contributed by atoms with van der Waals surface area (Å²) < 4.78 is 6.77. The third-order valence-electron chi connectivity index (χ3n) is 5.81. The molecule has 174 valence electrons. The van der Waals surface area contributed by atoms with Crippen LogP contribution in [0.3, 0.4) is 0 Å². The van der Waals surface area contributed by atoms with Gasteiger partial charge in [-0.15, -0.1) is 0 Å². The van der Waals surface area contributed by atoms with Gasteiger partial charge in [0.15, 0.2) is 5.13 Å². The van der Waals surface area contributed by atoms with Gasteiger partial charge in [-0.1, -0.05) is 46.7 Å². The normalized spacial score (nSPS) is 18.1. The molecule has 1 aliphatic carbocycles. The molecule has 0 unspecified atom stereocenters. The summed E-state index contributed by atoms with van der Waals surface area (Å²) in [5.41, 5.74) is 3.46. The summed E-state index contributed by atoms with van der Waals surface area (Å²) in [6.45, 7) is 0. The largest absolute Gasteiger partial charge is 0.481 e. The molecule has 0 radical (unpaired) electrons. The van der Waals surface area contributed by atoms with E-state index in [4.69, 9.17) is 33.0 Å². The SMILES string of the molecule is O=C(O)C1CCC(Oc2ncc(-c3ccc(Nc4nc5c(Cl)cc(Cl)cc5s4)cc3)cn2)CC1. The fourth-order valence-corrected chi connectivity index (χ4v) is 5.59. The number of fused-ring (bicyclic) bond motifs is 1. The van der Waals surface area contributed by atoms with Crippen molar-refractivity contribution in [1.82, 2.24) is 15.0 Å². The highest BCUT2D eigenvalue weighted by Gasteiger charge is 2.27. The molecule has 0 bridgehead atoms. The number of hydrogen-bond acceptors (Lipinski definition) is 7. The van der Waals surface area contributed by atoms with Crippen molar-refractivity contribution in [2.45, 2.75) is 31.8 Å². The Balaban J connectivity index is 1.21. The Morgan fingerprint density at radius 1 is 1.03 bits per heavy atom. The molecule has 5 rings (SSSR count). The van der Waals surface area contributed by atoms with Crippen LogP contribution in [0.2, 0.25) is 10.0 Å². The first-order valence-corrected chi connectivity index (χ1v) is 12.4. The molecule has 1 aliphatic rings. The molecule has 7 nitrogen and oxygen atoms in total. The molecule has 2 heterocycles. The highest BCUT2D eigenvalue weighted by Crippen LogP contribution is 2.35. The van der Waals surface area contributed by atoms with Crippen LogP contribution in [0.5, 0.6) is 6.01 Å². The zero-order valence-corrected chi connectivity index (χ0v) is 20.2. The van der Waals surface area contributed by atoms with E-state index in [0.717, 1.165) is 32.2 Å². The van der Waals surface area contributed by atoms with Gasteiger partial charge in [-0.05, 0) is 55.5 Å². The van der Waals surface area contributed by atoms with Crippen molar-refractivity contribution in [2.24, 2.45) is 5.92 Å². The van der Waals surface area contributed by atoms with Crippen LogP contribution in [0.25, 0.3) is 21.3 Å². The van der Waals surface area contributed by atoms with Crippen LogP contribution in [-0.4, -0.2) is 32.1 Å². The third-order valence-corrected chi connectivity index (χ3v) is 7.23. The molecule has 0 spiro atoms. The first-order valence-electron chi connectivity index (χ1n) is 10.8. The van der Waals surface area contributed by atoms with Crippen LogP contribution in [0.15, 0.2) is 48.8 Å². The first kappa shape index (κ1) is 22.8. The molecule has 2 N–H and O–H groups in total. The van der Waals surface area contributed by atoms with Gasteiger partial charge in [-0.2, -0.15) is 0 Å². The van der Waals surface area contributed by atoms with Gasteiger partial charge in [0.2, 0.25) is 0 Å². The number of aliphatic carboxylic acids is 1. The van der Waals surface area contributed by atoms with Crippen LogP contribution in [0, 0.1) is 5.92 Å². The number of rotatable bonds is 6. The average Bonchev–Trinajstić information content (AvgIpc) is 3.23. The van der Waals surface area contributed by atoms with Crippen molar-refractivity contribution < 1.29 is 14.6 Å². The van der Waals surface area contributed by atoms with Gasteiger partial charge in [0, 0.05) is 28.7 Å². The maximum atomic E-state index is 11.1. The van der Waals surface area contributed by atoms with E-state index in [2.05, 4.69) is 20.3 Å². The predicted octanol–water partition coefficient (Wildman–Crippen LogP) is 6.83. The van der Waals surface area contributed by atoms with E-state index in [-0.39, 0.29) is 12.0 Å². The number of nitrogens with zero attached hydrogens (tertiary/aromatic N) is 3. The lowest BCUT2D eigenvalue weighted by Gasteiger charge is -2.25. The van der Waals surface area contributed by atoms with E-state index in [1.54, 1.807) is 18.5 Å². The summed E-state index contributed by atoms with van der Waals surface area (Å²) in [5.74, 6) is -0.999. The molecule has 0 atom stereocenters. The second-order valence-corrected chi connectivity index (χ2v) is 10.0. The summed E-state index contributed by atoms with van der Waals surface area (Å²) in [6.07, 6.45) is 6.06. The van der Waals surface area contributed by atoms with E-state index in [1.165, 1.54) is 11.3 Å². The minimum Gasteiger partial charge on any atom is -0.481 e. The van der Waals surface area contributed by atoms with Crippen LogP contribution >= 0.6 is 34.5 Å². The van der Waals surface area contributed by atoms with Gasteiger partial charge >= 0.3 is 12.0 Å². The smallest absolute Gasteiger partial charge is 0.316 e. The number of aromatic nitrogens is 3. The fraction of sp³-hybridized carbons (Fsp3) is 0.250. The van der Waals surface area contributed by atoms with Gasteiger partial charge in [-0.25, -0.2) is 15.0 Å². The molecule has 4 aromatic rings. The zero-order chi connectivity index (χ0) is 23.7. The van der Waals surface area contributed by atoms with Crippen molar-refractivity contribution in [2.75, 3.05) is 5.32 Å². The Morgan fingerprint density at radius 2 is 1.74 bits per heavy atom. The number of nitrogens with one attached hydrogen (secondary N) is 1. The number of anilines is 2. The first-order chi connectivity index (χ1) is 16.4. The van der Waals surface area contributed by atoms with Gasteiger partial charge in [0.25, 0.3) is 0 Å². The molecule has 2 aromatic carbocycles. The minimum absolute atomic E-state index is 0.0415. The van der Waals surface area contributed by atoms with Crippen LogP contribution in [0.1, 0.15) is 25.7 Å². The second kappa shape index (κ2) is 9.74. The summed E-state index contributed by atoms with van der Waals surface area (Å²) in [6, 6.07) is 11.7. The van der Waals surface area contributed by atoms with Crippen LogP contribution in [0.4, 0.5) is 10.8 Å². The Hall–Kier alpha value is -2.94. The van der Waals surface area contributed by atoms with E-state index >= 15 is 0 Å². The molecule has 0 saturated heterocycles. The summed E-state index contributed by atoms with van der Waals surface area (Å²) >= 11 is 13.8. The summed E-state index contributed by atoms with van der Waals surface area (Å²) in [5, 5.41) is 14.3. The van der Waals surface area contributed by atoms with E-state index in [9.17, 15) is 4.79 Å².